The van der Waals surface area contributed by atoms with Crippen LogP contribution in [0.3, 0.4) is 0 Å². The van der Waals surface area contributed by atoms with Gasteiger partial charge in [-0.1, -0.05) is 12.1 Å². The predicted molar refractivity (Wildman–Crippen MR) is 57.9 cm³/mol. The number of hydrogen-bond donors (Lipinski definition) is 2. The Morgan fingerprint density at radius 3 is 2.53 bits per heavy atom. The van der Waals surface area contributed by atoms with E-state index in [1.54, 1.807) is 0 Å². The molecule has 0 saturated carbocycles. The lowest BCUT2D eigenvalue weighted by atomic mass is 9.92. The summed E-state index contributed by atoms with van der Waals surface area (Å²) in [6.45, 7) is 4.81. The molecule has 0 fully saturated rings. The van der Waals surface area contributed by atoms with Crippen molar-refractivity contribution < 1.29 is 9.90 Å². The number of nitrogens with one attached hydrogen (secondary N) is 1. The number of aryl methyl sites for hydroxylation is 2. The lowest BCUT2D eigenvalue weighted by Gasteiger charge is -2.24. The number of carbonyl (C=O) groups is 1. The van der Waals surface area contributed by atoms with Crippen LogP contribution >= 0.6 is 0 Å². The van der Waals surface area contributed by atoms with Crippen molar-refractivity contribution >= 4 is 5.97 Å². The van der Waals surface area contributed by atoms with E-state index >= 15 is 0 Å². The van der Waals surface area contributed by atoms with Gasteiger partial charge in [0.2, 0.25) is 0 Å². The van der Waals surface area contributed by atoms with E-state index in [0.717, 1.165) is 0 Å². The van der Waals surface area contributed by atoms with Crippen LogP contribution in [0.5, 0.6) is 0 Å². The van der Waals surface area contributed by atoms with Gasteiger partial charge < -0.3 is 10.4 Å². The van der Waals surface area contributed by atoms with E-state index in [9.17, 15) is 4.79 Å². The molecule has 1 atom stereocenters. The molecule has 0 spiro atoms. The Morgan fingerprint density at radius 2 is 1.93 bits per heavy atom. The molecule has 3 nitrogen and oxygen atoms in total. The van der Waals surface area contributed by atoms with Crippen molar-refractivity contribution in [3.63, 3.8) is 0 Å². The van der Waals surface area contributed by atoms with E-state index in [1.807, 2.05) is 0 Å². The Morgan fingerprint density at radius 1 is 1.33 bits per heavy atom. The average molecular weight is 205 g/mol. The molecule has 1 aromatic carbocycles. The molecule has 0 saturated heterocycles. The number of aliphatic carboxylic acids is 1. The molecule has 0 radical (unpaired) electrons. The van der Waals surface area contributed by atoms with Gasteiger partial charge in [-0.2, -0.15) is 0 Å². The maximum atomic E-state index is 10.9. The van der Waals surface area contributed by atoms with Crippen LogP contribution < -0.4 is 5.32 Å². The van der Waals surface area contributed by atoms with Gasteiger partial charge in [-0.25, -0.2) is 0 Å². The SMILES string of the molecule is Cc1cc2c(cc1C)CC(C(=O)O)NC2. The molecule has 2 N–H and O–H groups in total. The van der Waals surface area contributed by atoms with E-state index in [0.29, 0.717) is 13.0 Å². The zero-order valence-corrected chi connectivity index (χ0v) is 9.00. The number of rotatable bonds is 1. The number of carboxylic acid groups (broad SMARTS) is 1. The summed E-state index contributed by atoms with van der Waals surface area (Å²) in [5.74, 6) is -0.765. The molecule has 1 heterocycles. The fourth-order valence-electron chi connectivity index (χ4n) is 1.99. The zero-order chi connectivity index (χ0) is 11.0. The Bertz CT molecular complexity index is 412. The first-order valence-corrected chi connectivity index (χ1v) is 5.13. The fraction of sp³-hybridized carbons (Fsp3) is 0.417. The minimum Gasteiger partial charge on any atom is -0.480 e. The van der Waals surface area contributed by atoms with E-state index in [4.69, 9.17) is 5.11 Å². The van der Waals surface area contributed by atoms with Crippen LogP contribution in [0.1, 0.15) is 22.3 Å². The van der Waals surface area contributed by atoms with Crippen molar-refractivity contribution in [2.75, 3.05) is 0 Å². The van der Waals surface area contributed by atoms with Gasteiger partial charge in [0.25, 0.3) is 0 Å². The molecule has 0 aromatic heterocycles. The van der Waals surface area contributed by atoms with Crippen molar-refractivity contribution in [1.82, 2.24) is 5.32 Å². The molecule has 0 aliphatic carbocycles. The number of hydrogen-bond acceptors (Lipinski definition) is 2. The van der Waals surface area contributed by atoms with E-state index in [1.165, 1.54) is 22.3 Å². The van der Waals surface area contributed by atoms with Gasteiger partial charge in [0.15, 0.2) is 0 Å². The highest BCUT2D eigenvalue weighted by atomic mass is 16.4. The second-order valence-corrected chi connectivity index (χ2v) is 4.18. The topological polar surface area (TPSA) is 49.3 Å². The van der Waals surface area contributed by atoms with Crippen LogP contribution in [0.25, 0.3) is 0 Å². The van der Waals surface area contributed by atoms with Gasteiger partial charge in [-0.15, -0.1) is 0 Å². The second kappa shape index (κ2) is 3.66. The maximum absolute atomic E-state index is 10.9. The minimum atomic E-state index is -0.765. The summed E-state index contributed by atoms with van der Waals surface area (Å²) < 4.78 is 0. The van der Waals surface area contributed by atoms with Gasteiger partial charge in [-0.3, -0.25) is 4.79 Å². The zero-order valence-electron chi connectivity index (χ0n) is 9.00. The molecule has 1 aliphatic heterocycles. The molecular weight excluding hydrogens is 190 g/mol. The first-order valence-electron chi connectivity index (χ1n) is 5.13. The third-order valence-electron chi connectivity index (χ3n) is 3.08. The molecule has 3 heteroatoms. The lowest BCUT2D eigenvalue weighted by Crippen LogP contribution is -2.41. The number of benzene rings is 1. The lowest BCUT2D eigenvalue weighted by molar-refractivity contribution is -0.139. The summed E-state index contributed by atoms with van der Waals surface area (Å²) >= 11 is 0. The van der Waals surface area contributed by atoms with E-state index in [-0.39, 0.29) is 0 Å². The van der Waals surface area contributed by atoms with Gasteiger partial charge >= 0.3 is 5.97 Å². The molecule has 1 unspecified atom stereocenters. The fourth-order valence-corrected chi connectivity index (χ4v) is 1.99. The summed E-state index contributed by atoms with van der Waals surface area (Å²) in [5, 5.41) is 11.9. The van der Waals surface area contributed by atoms with Gasteiger partial charge in [0, 0.05) is 6.54 Å². The van der Waals surface area contributed by atoms with Gasteiger partial charge in [-0.05, 0) is 42.5 Å². The Kier molecular flexibility index (Phi) is 2.49. The highest BCUT2D eigenvalue weighted by molar-refractivity contribution is 5.74. The third kappa shape index (κ3) is 1.88. The summed E-state index contributed by atoms with van der Waals surface area (Å²) in [5.41, 5.74) is 4.91. The van der Waals surface area contributed by atoms with Crippen LogP contribution in [-0.2, 0) is 17.8 Å². The van der Waals surface area contributed by atoms with Gasteiger partial charge in [0.1, 0.15) is 6.04 Å². The van der Waals surface area contributed by atoms with Crippen molar-refractivity contribution in [1.29, 1.82) is 0 Å². The molecule has 1 aliphatic rings. The van der Waals surface area contributed by atoms with Crippen LogP contribution in [-0.4, -0.2) is 17.1 Å². The van der Waals surface area contributed by atoms with Crippen molar-refractivity contribution in [3.05, 3.63) is 34.4 Å². The minimum absolute atomic E-state index is 0.431. The molecular formula is C12H15NO2. The largest absolute Gasteiger partial charge is 0.480 e. The maximum Gasteiger partial charge on any atom is 0.321 e. The molecule has 0 amide bonds. The van der Waals surface area contributed by atoms with Crippen molar-refractivity contribution in [2.24, 2.45) is 0 Å². The smallest absolute Gasteiger partial charge is 0.321 e. The monoisotopic (exact) mass is 205 g/mol. The highest BCUT2D eigenvalue weighted by Crippen LogP contribution is 2.21. The Hall–Kier alpha value is -1.35. The Balaban J connectivity index is 2.34. The van der Waals surface area contributed by atoms with Crippen LogP contribution in [0.2, 0.25) is 0 Å². The molecule has 80 valence electrons. The summed E-state index contributed by atoms with van der Waals surface area (Å²) in [6, 6.07) is 3.83. The normalized spacial score (nSPS) is 19.7. The van der Waals surface area contributed by atoms with Crippen LogP contribution in [0.15, 0.2) is 12.1 Å². The van der Waals surface area contributed by atoms with Gasteiger partial charge in [0.05, 0.1) is 0 Å². The molecule has 0 bridgehead atoms. The highest BCUT2D eigenvalue weighted by Gasteiger charge is 2.23. The number of fused-ring (bicyclic) bond motifs is 1. The second-order valence-electron chi connectivity index (χ2n) is 4.18. The summed E-state index contributed by atoms with van der Waals surface area (Å²) in [7, 11) is 0. The molecule has 2 rings (SSSR count). The first kappa shape index (κ1) is 10.2. The number of carboxylic acids is 1. The average Bonchev–Trinajstić information content (AvgIpc) is 2.19. The van der Waals surface area contributed by atoms with Crippen LogP contribution in [0.4, 0.5) is 0 Å². The standard InChI is InChI=1S/C12H15NO2/c1-7-3-9-5-11(12(14)15)13-6-10(9)4-8(7)2/h3-4,11,13H,5-6H2,1-2H3,(H,14,15). The molecule has 1 aromatic rings. The first-order chi connectivity index (χ1) is 7.08. The van der Waals surface area contributed by atoms with Crippen molar-refractivity contribution in [2.45, 2.75) is 32.9 Å². The molecule has 15 heavy (non-hydrogen) atoms. The quantitative estimate of drug-likeness (QED) is 0.728. The van der Waals surface area contributed by atoms with E-state index < -0.39 is 12.0 Å². The summed E-state index contributed by atoms with van der Waals surface area (Å²) in [6.07, 6.45) is 0.589. The Labute approximate surface area is 89.1 Å². The third-order valence-corrected chi connectivity index (χ3v) is 3.08. The summed E-state index contributed by atoms with van der Waals surface area (Å²) in [4.78, 5) is 10.9. The van der Waals surface area contributed by atoms with E-state index in [2.05, 4.69) is 31.3 Å². The predicted octanol–water partition coefficient (Wildman–Crippen LogP) is 1.40. The van der Waals surface area contributed by atoms with Crippen molar-refractivity contribution in [3.8, 4) is 0 Å². The van der Waals surface area contributed by atoms with Crippen LogP contribution in [0, 0.1) is 13.8 Å².